The Kier molecular flexibility index (Phi) is 4.76. The monoisotopic (exact) mass is 259 g/mol. The first-order valence-electron chi connectivity index (χ1n) is 7.46. The van der Waals surface area contributed by atoms with E-state index in [2.05, 4.69) is 12.2 Å². The quantitative estimate of drug-likeness (QED) is 0.816. The highest BCUT2D eigenvalue weighted by molar-refractivity contribution is 5.96. The molecule has 2 nitrogen and oxygen atoms in total. The lowest BCUT2D eigenvalue weighted by Gasteiger charge is -2.37. The summed E-state index contributed by atoms with van der Waals surface area (Å²) in [6.07, 6.45) is 5.37. The second kappa shape index (κ2) is 6.33. The normalized spacial score (nSPS) is 23.3. The van der Waals surface area contributed by atoms with E-state index in [9.17, 15) is 4.79 Å². The summed E-state index contributed by atoms with van der Waals surface area (Å²) in [6.45, 7) is 6.51. The molecular weight excluding hydrogens is 234 g/mol. The number of Topliss-reactive ketones (excluding diaryl/α,β-unsaturated/α-hetero) is 1. The van der Waals surface area contributed by atoms with Gasteiger partial charge in [-0.1, -0.05) is 36.8 Å². The lowest BCUT2D eigenvalue weighted by atomic mass is 9.74. The zero-order valence-electron chi connectivity index (χ0n) is 12.2. The van der Waals surface area contributed by atoms with Gasteiger partial charge in [0.2, 0.25) is 0 Å². The van der Waals surface area contributed by atoms with Crippen molar-refractivity contribution < 1.29 is 4.79 Å². The highest BCUT2D eigenvalue weighted by atomic mass is 16.1. The molecule has 1 aromatic carbocycles. The van der Waals surface area contributed by atoms with Gasteiger partial charge in [0.1, 0.15) is 0 Å². The topological polar surface area (TPSA) is 29.1 Å². The van der Waals surface area contributed by atoms with Crippen LogP contribution in [-0.4, -0.2) is 18.9 Å². The van der Waals surface area contributed by atoms with Crippen LogP contribution in [0.3, 0.4) is 0 Å². The Labute approximate surface area is 116 Å². The minimum atomic E-state index is 0.290. The number of benzene rings is 1. The molecule has 1 atom stereocenters. The zero-order chi connectivity index (χ0) is 13.7. The van der Waals surface area contributed by atoms with Gasteiger partial charge in [-0.2, -0.15) is 0 Å². The van der Waals surface area contributed by atoms with Gasteiger partial charge in [0.15, 0.2) is 5.78 Å². The van der Waals surface area contributed by atoms with E-state index in [1.807, 2.05) is 31.2 Å². The highest BCUT2D eigenvalue weighted by Crippen LogP contribution is 2.35. The predicted molar refractivity (Wildman–Crippen MR) is 79.6 cm³/mol. The van der Waals surface area contributed by atoms with Crippen molar-refractivity contribution in [1.29, 1.82) is 0 Å². The molecule has 0 aliphatic carbocycles. The summed E-state index contributed by atoms with van der Waals surface area (Å²) in [7, 11) is 0. The smallest absolute Gasteiger partial charge is 0.162 e. The number of nitrogens with one attached hydrogen (secondary N) is 1. The number of carbonyl (C=O) groups excluding carboxylic acids is 1. The third-order valence-electron chi connectivity index (χ3n) is 4.57. The molecular formula is C17H25NO. The average molecular weight is 259 g/mol. The first-order chi connectivity index (χ1) is 9.15. The number of carbonyl (C=O) groups is 1. The summed E-state index contributed by atoms with van der Waals surface area (Å²) in [5.41, 5.74) is 2.41. The molecule has 1 aromatic rings. The molecule has 1 unspecified atom stereocenters. The molecule has 1 aliphatic rings. The molecule has 1 fully saturated rings. The van der Waals surface area contributed by atoms with Gasteiger partial charge >= 0.3 is 0 Å². The summed E-state index contributed by atoms with van der Waals surface area (Å²) in [5, 5.41) is 3.49. The van der Waals surface area contributed by atoms with Crippen molar-refractivity contribution in [2.45, 2.75) is 46.0 Å². The summed E-state index contributed by atoms with van der Waals surface area (Å²) >= 11 is 0. The van der Waals surface area contributed by atoms with E-state index < -0.39 is 0 Å². The molecule has 104 valence electrons. The van der Waals surface area contributed by atoms with Crippen LogP contribution in [0.1, 0.15) is 54.9 Å². The van der Waals surface area contributed by atoms with Crippen LogP contribution in [0.4, 0.5) is 0 Å². The number of aryl methyl sites for hydroxylation is 1. The first-order valence-corrected chi connectivity index (χ1v) is 7.46. The second-order valence-corrected chi connectivity index (χ2v) is 5.92. The maximum Gasteiger partial charge on any atom is 0.162 e. The maximum absolute atomic E-state index is 12.2. The van der Waals surface area contributed by atoms with E-state index >= 15 is 0 Å². The molecule has 19 heavy (non-hydrogen) atoms. The largest absolute Gasteiger partial charge is 0.316 e. The molecule has 1 aliphatic heterocycles. The van der Waals surface area contributed by atoms with E-state index in [1.54, 1.807) is 0 Å². The Morgan fingerprint density at radius 2 is 2.05 bits per heavy atom. The molecule has 0 aromatic heterocycles. The molecule has 1 saturated heterocycles. The molecule has 1 heterocycles. The Morgan fingerprint density at radius 3 is 2.63 bits per heavy atom. The third-order valence-corrected chi connectivity index (χ3v) is 4.57. The van der Waals surface area contributed by atoms with Gasteiger partial charge in [-0.05, 0) is 44.6 Å². The van der Waals surface area contributed by atoms with Crippen LogP contribution >= 0.6 is 0 Å². The van der Waals surface area contributed by atoms with Gasteiger partial charge in [0.05, 0.1) is 0 Å². The SMILES string of the molecule is CCC1(CCC(=O)c2ccc(C)cc2)CCCNC1. The van der Waals surface area contributed by atoms with Crippen molar-refractivity contribution in [3.05, 3.63) is 35.4 Å². The summed E-state index contributed by atoms with van der Waals surface area (Å²) in [6, 6.07) is 7.95. The zero-order valence-corrected chi connectivity index (χ0v) is 12.2. The van der Waals surface area contributed by atoms with Crippen LogP contribution < -0.4 is 5.32 Å². The van der Waals surface area contributed by atoms with Gasteiger partial charge in [0.25, 0.3) is 0 Å². The minimum absolute atomic E-state index is 0.290. The van der Waals surface area contributed by atoms with Gasteiger partial charge in [-0.15, -0.1) is 0 Å². The number of rotatable bonds is 5. The molecule has 2 heteroatoms. The maximum atomic E-state index is 12.2. The standard InChI is InChI=1S/C17H25NO/c1-3-17(10-4-12-18-13-17)11-9-16(19)15-7-5-14(2)6-8-15/h5-8,18H,3-4,9-13H2,1-2H3. The van der Waals surface area contributed by atoms with E-state index in [4.69, 9.17) is 0 Å². The minimum Gasteiger partial charge on any atom is -0.316 e. The molecule has 1 N–H and O–H groups in total. The molecule has 0 spiro atoms. The Balaban J connectivity index is 1.93. The Morgan fingerprint density at radius 1 is 1.32 bits per heavy atom. The molecule has 0 bridgehead atoms. The van der Waals surface area contributed by atoms with Crippen LogP contribution in [0.15, 0.2) is 24.3 Å². The fourth-order valence-corrected chi connectivity index (χ4v) is 2.98. The van der Waals surface area contributed by atoms with Crippen LogP contribution in [0.25, 0.3) is 0 Å². The lowest BCUT2D eigenvalue weighted by molar-refractivity contribution is 0.0938. The first kappa shape index (κ1) is 14.3. The average Bonchev–Trinajstić information content (AvgIpc) is 2.46. The van der Waals surface area contributed by atoms with Crippen LogP contribution in [0.2, 0.25) is 0 Å². The summed E-state index contributed by atoms with van der Waals surface area (Å²) in [5.74, 6) is 0.290. The van der Waals surface area contributed by atoms with E-state index in [0.717, 1.165) is 25.1 Å². The lowest BCUT2D eigenvalue weighted by Crippen LogP contribution is -2.39. The van der Waals surface area contributed by atoms with Gasteiger partial charge in [0, 0.05) is 18.5 Å². The van der Waals surface area contributed by atoms with Crippen molar-refractivity contribution in [3.8, 4) is 0 Å². The van der Waals surface area contributed by atoms with Crippen LogP contribution in [-0.2, 0) is 0 Å². The van der Waals surface area contributed by atoms with E-state index in [0.29, 0.717) is 17.6 Å². The molecule has 2 rings (SSSR count). The van der Waals surface area contributed by atoms with Gasteiger partial charge in [-0.25, -0.2) is 0 Å². The highest BCUT2D eigenvalue weighted by Gasteiger charge is 2.30. The van der Waals surface area contributed by atoms with Crippen molar-refractivity contribution in [2.75, 3.05) is 13.1 Å². The number of hydrogen-bond acceptors (Lipinski definition) is 2. The van der Waals surface area contributed by atoms with Crippen molar-refractivity contribution in [3.63, 3.8) is 0 Å². The molecule has 0 saturated carbocycles. The van der Waals surface area contributed by atoms with E-state index in [-0.39, 0.29) is 0 Å². The second-order valence-electron chi connectivity index (χ2n) is 5.92. The third kappa shape index (κ3) is 3.66. The number of ketones is 1. The number of hydrogen-bond donors (Lipinski definition) is 1. The summed E-state index contributed by atoms with van der Waals surface area (Å²) in [4.78, 5) is 12.2. The Hall–Kier alpha value is -1.15. The van der Waals surface area contributed by atoms with E-state index in [1.165, 1.54) is 24.8 Å². The molecule has 0 amide bonds. The van der Waals surface area contributed by atoms with Crippen molar-refractivity contribution in [2.24, 2.45) is 5.41 Å². The Bertz CT molecular complexity index is 415. The predicted octanol–water partition coefficient (Wildman–Crippen LogP) is 3.74. The number of piperidine rings is 1. The fourth-order valence-electron chi connectivity index (χ4n) is 2.98. The van der Waals surface area contributed by atoms with Crippen LogP contribution in [0.5, 0.6) is 0 Å². The van der Waals surface area contributed by atoms with Gasteiger partial charge in [-0.3, -0.25) is 4.79 Å². The van der Waals surface area contributed by atoms with Crippen molar-refractivity contribution in [1.82, 2.24) is 5.32 Å². The van der Waals surface area contributed by atoms with Gasteiger partial charge < -0.3 is 5.32 Å². The fraction of sp³-hybridized carbons (Fsp3) is 0.588. The summed E-state index contributed by atoms with van der Waals surface area (Å²) < 4.78 is 0. The van der Waals surface area contributed by atoms with Crippen molar-refractivity contribution >= 4 is 5.78 Å². The molecule has 0 radical (unpaired) electrons. The van der Waals surface area contributed by atoms with Crippen LogP contribution in [0, 0.1) is 12.3 Å².